The topological polar surface area (TPSA) is 68.5 Å². The van der Waals surface area contributed by atoms with E-state index in [0.717, 1.165) is 30.0 Å². The Morgan fingerprint density at radius 1 is 1.33 bits per heavy atom. The summed E-state index contributed by atoms with van der Waals surface area (Å²) in [5.41, 5.74) is 2.81. The summed E-state index contributed by atoms with van der Waals surface area (Å²) >= 11 is 0. The summed E-state index contributed by atoms with van der Waals surface area (Å²) in [4.78, 5) is 8.71. The molecule has 0 fully saturated rings. The number of aryl methyl sites for hydroxylation is 2. The van der Waals surface area contributed by atoms with Crippen LogP contribution in [0.4, 0.5) is 0 Å². The van der Waals surface area contributed by atoms with Crippen LogP contribution in [0.25, 0.3) is 0 Å². The number of hydrogen-bond acceptors (Lipinski definition) is 5. The van der Waals surface area contributed by atoms with Gasteiger partial charge in [0, 0.05) is 25.9 Å². The van der Waals surface area contributed by atoms with Crippen molar-refractivity contribution in [3.8, 4) is 0 Å². The quantitative estimate of drug-likeness (QED) is 0.845. The van der Waals surface area contributed by atoms with Crippen LogP contribution in [0.3, 0.4) is 0 Å². The molecule has 0 saturated heterocycles. The molecule has 0 aliphatic carbocycles. The maximum atomic E-state index is 4.42. The van der Waals surface area contributed by atoms with Crippen LogP contribution in [-0.4, -0.2) is 31.5 Å². The summed E-state index contributed by atoms with van der Waals surface area (Å²) in [6.07, 6.45) is 6.29. The number of aromatic nitrogens is 5. The van der Waals surface area contributed by atoms with Crippen LogP contribution >= 0.6 is 0 Å². The summed E-state index contributed by atoms with van der Waals surface area (Å²) in [6.45, 7) is 4.88. The number of likely N-dealkylation sites (N-methyl/N-ethyl adjacent to an activating group) is 1. The number of hydrogen-bond donors (Lipinski definition) is 1. The molecule has 0 aliphatic heterocycles. The lowest BCUT2D eigenvalue weighted by atomic mass is 10.1. The molecule has 0 amide bonds. The molecular weight excluding hydrogens is 228 g/mol. The first-order valence-corrected chi connectivity index (χ1v) is 6.06. The largest absolute Gasteiger partial charge is 0.309 e. The molecule has 2 aromatic heterocycles. The summed E-state index contributed by atoms with van der Waals surface area (Å²) in [7, 11) is 1.87. The van der Waals surface area contributed by atoms with Crippen molar-refractivity contribution in [2.75, 3.05) is 6.54 Å². The lowest BCUT2D eigenvalue weighted by molar-refractivity contribution is 0.528. The molecule has 18 heavy (non-hydrogen) atoms. The third-order valence-corrected chi connectivity index (χ3v) is 2.67. The summed E-state index contributed by atoms with van der Waals surface area (Å²) in [6, 6.07) is 0.125. The van der Waals surface area contributed by atoms with Crippen LogP contribution in [0.1, 0.15) is 30.0 Å². The second kappa shape index (κ2) is 5.68. The zero-order valence-electron chi connectivity index (χ0n) is 11.0. The van der Waals surface area contributed by atoms with Crippen molar-refractivity contribution in [1.29, 1.82) is 0 Å². The molecule has 0 bridgehead atoms. The Balaban J connectivity index is 2.14. The molecule has 6 heteroatoms. The molecule has 0 radical (unpaired) electrons. The number of nitrogens with one attached hydrogen (secondary N) is 1. The summed E-state index contributed by atoms with van der Waals surface area (Å²) < 4.78 is 1.71. The van der Waals surface area contributed by atoms with Gasteiger partial charge in [-0.25, -0.2) is 0 Å². The molecule has 1 unspecified atom stereocenters. The molecule has 6 nitrogen and oxygen atoms in total. The second-order valence-electron chi connectivity index (χ2n) is 4.28. The highest BCUT2D eigenvalue weighted by Crippen LogP contribution is 2.14. The highest BCUT2D eigenvalue weighted by atomic mass is 15.4. The van der Waals surface area contributed by atoms with E-state index in [1.54, 1.807) is 10.9 Å². The Kier molecular flexibility index (Phi) is 3.99. The van der Waals surface area contributed by atoms with Crippen molar-refractivity contribution in [2.45, 2.75) is 26.3 Å². The predicted molar refractivity (Wildman–Crippen MR) is 67.9 cm³/mol. The Labute approximate surface area is 106 Å². The average Bonchev–Trinajstić information content (AvgIpc) is 2.75. The maximum absolute atomic E-state index is 4.42. The van der Waals surface area contributed by atoms with Gasteiger partial charge in [0.1, 0.15) is 0 Å². The smallest absolute Gasteiger partial charge is 0.0846 e. The van der Waals surface area contributed by atoms with E-state index in [2.05, 4.69) is 32.5 Å². The van der Waals surface area contributed by atoms with Crippen LogP contribution in [-0.2, 0) is 13.5 Å². The molecular formula is C12H18N6. The molecule has 2 aromatic rings. The van der Waals surface area contributed by atoms with E-state index in [1.807, 2.05) is 26.4 Å². The molecule has 2 heterocycles. The van der Waals surface area contributed by atoms with Gasteiger partial charge in [0.2, 0.25) is 0 Å². The zero-order valence-corrected chi connectivity index (χ0v) is 11.0. The van der Waals surface area contributed by atoms with E-state index in [1.165, 1.54) is 0 Å². The fourth-order valence-electron chi connectivity index (χ4n) is 1.81. The number of rotatable bonds is 5. The summed E-state index contributed by atoms with van der Waals surface area (Å²) in [5, 5.41) is 11.4. The third-order valence-electron chi connectivity index (χ3n) is 2.67. The van der Waals surface area contributed by atoms with Crippen LogP contribution in [0, 0.1) is 6.92 Å². The Bertz CT molecular complexity index is 490. The van der Waals surface area contributed by atoms with Gasteiger partial charge in [-0.3, -0.25) is 14.6 Å². The van der Waals surface area contributed by atoms with Crippen LogP contribution in [0.2, 0.25) is 0 Å². The van der Waals surface area contributed by atoms with Gasteiger partial charge < -0.3 is 5.32 Å². The van der Waals surface area contributed by atoms with Crippen molar-refractivity contribution in [1.82, 2.24) is 30.3 Å². The Hall–Kier alpha value is -1.82. The van der Waals surface area contributed by atoms with Gasteiger partial charge in [-0.15, -0.1) is 5.10 Å². The van der Waals surface area contributed by atoms with Gasteiger partial charge in [-0.05, 0) is 13.5 Å². The van der Waals surface area contributed by atoms with Crippen LogP contribution in [0.5, 0.6) is 0 Å². The van der Waals surface area contributed by atoms with Gasteiger partial charge in [-0.1, -0.05) is 12.1 Å². The first-order chi connectivity index (χ1) is 8.69. The van der Waals surface area contributed by atoms with Crippen molar-refractivity contribution < 1.29 is 0 Å². The lowest BCUT2D eigenvalue weighted by Gasteiger charge is -2.15. The normalized spacial score (nSPS) is 12.6. The molecule has 96 valence electrons. The molecule has 0 aromatic carbocycles. The molecule has 1 atom stereocenters. The summed E-state index contributed by atoms with van der Waals surface area (Å²) in [5.74, 6) is 0. The van der Waals surface area contributed by atoms with Crippen molar-refractivity contribution in [3.05, 3.63) is 35.7 Å². The fraction of sp³-hybridized carbons (Fsp3) is 0.500. The SMILES string of the molecule is CCNC(Cc1cn(C)nn1)c1cnc(C)cn1. The van der Waals surface area contributed by atoms with Gasteiger partial charge in [0.25, 0.3) is 0 Å². The standard InChI is InChI=1S/C12H18N6/c1-4-13-11(5-10-8-18(3)17-16-10)12-7-14-9(2)6-15-12/h6-8,11,13H,4-5H2,1-3H3. The maximum Gasteiger partial charge on any atom is 0.0846 e. The Morgan fingerprint density at radius 2 is 2.17 bits per heavy atom. The first-order valence-electron chi connectivity index (χ1n) is 6.06. The highest BCUT2D eigenvalue weighted by Gasteiger charge is 2.14. The minimum Gasteiger partial charge on any atom is -0.309 e. The van der Waals surface area contributed by atoms with E-state index in [4.69, 9.17) is 0 Å². The van der Waals surface area contributed by atoms with E-state index in [0.29, 0.717) is 0 Å². The molecule has 0 aliphatic rings. The van der Waals surface area contributed by atoms with Crippen molar-refractivity contribution in [2.24, 2.45) is 7.05 Å². The van der Waals surface area contributed by atoms with Crippen molar-refractivity contribution >= 4 is 0 Å². The minimum atomic E-state index is 0.125. The van der Waals surface area contributed by atoms with E-state index in [9.17, 15) is 0 Å². The lowest BCUT2D eigenvalue weighted by Crippen LogP contribution is -2.24. The number of nitrogens with zero attached hydrogens (tertiary/aromatic N) is 5. The molecule has 2 rings (SSSR count). The van der Waals surface area contributed by atoms with E-state index >= 15 is 0 Å². The molecule has 0 saturated carbocycles. The van der Waals surface area contributed by atoms with Crippen LogP contribution in [0.15, 0.2) is 18.6 Å². The first kappa shape index (κ1) is 12.6. The van der Waals surface area contributed by atoms with Gasteiger partial charge in [0.15, 0.2) is 0 Å². The second-order valence-corrected chi connectivity index (χ2v) is 4.28. The van der Waals surface area contributed by atoms with Crippen LogP contribution < -0.4 is 5.32 Å². The Morgan fingerprint density at radius 3 is 2.72 bits per heavy atom. The fourth-order valence-corrected chi connectivity index (χ4v) is 1.81. The average molecular weight is 246 g/mol. The predicted octanol–water partition coefficient (Wildman–Crippen LogP) is 0.807. The molecule has 1 N–H and O–H groups in total. The minimum absolute atomic E-state index is 0.125. The van der Waals surface area contributed by atoms with E-state index in [-0.39, 0.29) is 6.04 Å². The van der Waals surface area contributed by atoms with Gasteiger partial charge in [-0.2, -0.15) is 0 Å². The molecule has 0 spiro atoms. The van der Waals surface area contributed by atoms with E-state index < -0.39 is 0 Å². The highest BCUT2D eigenvalue weighted by molar-refractivity contribution is 5.09. The zero-order chi connectivity index (χ0) is 13.0. The van der Waals surface area contributed by atoms with Gasteiger partial charge >= 0.3 is 0 Å². The third kappa shape index (κ3) is 3.10. The van der Waals surface area contributed by atoms with Gasteiger partial charge in [0.05, 0.1) is 29.3 Å². The monoisotopic (exact) mass is 246 g/mol. The van der Waals surface area contributed by atoms with Crippen molar-refractivity contribution in [3.63, 3.8) is 0 Å².